The van der Waals surface area contributed by atoms with Gasteiger partial charge in [0.05, 0.1) is 0 Å². The Bertz CT molecular complexity index is 490. The van der Waals surface area contributed by atoms with Crippen LogP contribution in [0.15, 0.2) is 29.3 Å². The Morgan fingerprint density at radius 1 is 1.35 bits per heavy atom. The van der Waals surface area contributed by atoms with Crippen LogP contribution >= 0.6 is 0 Å². The van der Waals surface area contributed by atoms with Crippen LogP contribution in [0.1, 0.15) is 43.6 Å². The molecule has 1 aromatic rings. The van der Waals surface area contributed by atoms with E-state index in [0.717, 1.165) is 30.9 Å². The number of rotatable bonds is 4. The summed E-state index contributed by atoms with van der Waals surface area (Å²) < 4.78 is 13.2. The van der Waals surface area contributed by atoms with Crippen LogP contribution in [0.25, 0.3) is 0 Å². The van der Waals surface area contributed by atoms with Gasteiger partial charge in [-0.3, -0.25) is 4.99 Å². The molecule has 0 spiro atoms. The van der Waals surface area contributed by atoms with Crippen molar-refractivity contribution >= 4 is 5.96 Å². The highest BCUT2D eigenvalue weighted by atomic mass is 19.1. The smallest absolute Gasteiger partial charge is 0.188 e. The van der Waals surface area contributed by atoms with Crippen LogP contribution in [0.2, 0.25) is 0 Å². The molecule has 0 amide bonds. The first kappa shape index (κ1) is 13.4. The van der Waals surface area contributed by atoms with Crippen molar-refractivity contribution in [2.75, 3.05) is 6.54 Å². The predicted octanol–water partition coefficient (Wildman–Crippen LogP) is 2.78. The SMILES string of the molecule is NC(=NCC1CCC1)NC1CC(c2cccc(F)c2)C1. The van der Waals surface area contributed by atoms with Gasteiger partial charge in [0.25, 0.3) is 0 Å². The third-order valence-electron chi connectivity index (χ3n) is 4.55. The number of nitrogens with zero attached hydrogens (tertiary/aromatic N) is 1. The monoisotopic (exact) mass is 275 g/mol. The van der Waals surface area contributed by atoms with Gasteiger partial charge >= 0.3 is 0 Å². The lowest BCUT2D eigenvalue weighted by Crippen LogP contribution is -2.46. The van der Waals surface area contributed by atoms with Crippen molar-refractivity contribution in [2.24, 2.45) is 16.6 Å². The van der Waals surface area contributed by atoms with Gasteiger partial charge in [-0.05, 0) is 55.2 Å². The standard InChI is InChI=1S/C16H22FN3/c17-14-6-2-5-12(7-14)13-8-15(9-13)20-16(18)19-10-11-3-1-4-11/h2,5-7,11,13,15H,1,3-4,8-10H2,(H3,18,19,20). The molecule has 0 saturated heterocycles. The third-order valence-corrected chi connectivity index (χ3v) is 4.55. The van der Waals surface area contributed by atoms with Crippen molar-refractivity contribution in [2.45, 2.75) is 44.1 Å². The quantitative estimate of drug-likeness (QED) is 0.656. The van der Waals surface area contributed by atoms with Crippen molar-refractivity contribution in [3.63, 3.8) is 0 Å². The van der Waals surface area contributed by atoms with E-state index in [1.165, 1.54) is 25.3 Å². The van der Waals surface area contributed by atoms with Crippen LogP contribution in [0.4, 0.5) is 4.39 Å². The highest BCUT2D eigenvalue weighted by Crippen LogP contribution is 2.36. The molecule has 0 heterocycles. The fourth-order valence-corrected chi connectivity index (χ4v) is 2.93. The van der Waals surface area contributed by atoms with E-state index in [-0.39, 0.29) is 5.82 Å². The van der Waals surface area contributed by atoms with E-state index >= 15 is 0 Å². The molecule has 0 radical (unpaired) electrons. The Labute approximate surface area is 119 Å². The topological polar surface area (TPSA) is 50.4 Å². The van der Waals surface area contributed by atoms with Crippen molar-refractivity contribution in [3.8, 4) is 0 Å². The summed E-state index contributed by atoms with van der Waals surface area (Å²) >= 11 is 0. The number of nitrogens with one attached hydrogen (secondary N) is 1. The number of benzene rings is 1. The number of halogens is 1. The summed E-state index contributed by atoms with van der Waals surface area (Å²) in [5.74, 6) is 1.61. The third kappa shape index (κ3) is 3.11. The second kappa shape index (κ2) is 5.81. The van der Waals surface area contributed by atoms with Crippen molar-refractivity contribution in [3.05, 3.63) is 35.6 Å². The van der Waals surface area contributed by atoms with Crippen LogP contribution in [-0.4, -0.2) is 18.5 Å². The Morgan fingerprint density at radius 2 is 2.15 bits per heavy atom. The van der Waals surface area contributed by atoms with E-state index in [1.807, 2.05) is 6.07 Å². The molecular weight excluding hydrogens is 253 g/mol. The molecule has 2 aliphatic rings. The summed E-state index contributed by atoms with van der Waals surface area (Å²) in [5, 5.41) is 3.27. The summed E-state index contributed by atoms with van der Waals surface area (Å²) in [6, 6.07) is 7.28. The molecule has 20 heavy (non-hydrogen) atoms. The largest absolute Gasteiger partial charge is 0.370 e. The maximum absolute atomic E-state index is 13.2. The van der Waals surface area contributed by atoms with Crippen molar-refractivity contribution < 1.29 is 4.39 Å². The summed E-state index contributed by atoms with van der Waals surface area (Å²) in [7, 11) is 0. The van der Waals surface area contributed by atoms with E-state index in [2.05, 4.69) is 10.3 Å². The first-order chi connectivity index (χ1) is 9.70. The lowest BCUT2D eigenvalue weighted by atomic mass is 9.76. The van der Waals surface area contributed by atoms with Crippen LogP contribution < -0.4 is 11.1 Å². The highest BCUT2D eigenvalue weighted by Gasteiger charge is 2.30. The average Bonchev–Trinajstić information content (AvgIpc) is 2.31. The lowest BCUT2D eigenvalue weighted by molar-refractivity contribution is 0.316. The zero-order valence-corrected chi connectivity index (χ0v) is 11.7. The molecule has 0 atom stereocenters. The summed E-state index contributed by atoms with van der Waals surface area (Å²) in [6.07, 6.45) is 5.93. The van der Waals surface area contributed by atoms with Gasteiger partial charge in [-0.25, -0.2) is 4.39 Å². The second-order valence-electron chi connectivity index (χ2n) is 6.09. The van der Waals surface area contributed by atoms with E-state index < -0.39 is 0 Å². The van der Waals surface area contributed by atoms with Gasteiger partial charge in [0.15, 0.2) is 5.96 Å². The molecule has 0 bridgehead atoms. The van der Waals surface area contributed by atoms with Gasteiger partial charge < -0.3 is 11.1 Å². The van der Waals surface area contributed by atoms with Gasteiger partial charge in [-0.1, -0.05) is 18.6 Å². The molecule has 0 aromatic heterocycles. The minimum Gasteiger partial charge on any atom is -0.370 e. The van der Waals surface area contributed by atoms with E-state index in [0.29, 0.717) is 17.9 Å². The van der Waals surface area contributed by atoms with Gasteiger partial charge in [0.1, 0.15) is 5.82 Å². The molecule has 108 valence electrons. The lowest BCUT2D eigenvalue weighted by Gasteiger charge is -2.36. The number of nitrogens with two attached hydrogens (primary N) is 1. The highest BCUT2D eigenvalue weighted by molar-refractivity contribution is 5.78. The maximum Gasteiger partial charge on any atom is 0.188 e. The molecule has 1 aromatic carbocycles. The Morgan fingerprint density at radius 3 is 2.80 bits per heavy atom. The fourth-order valence-electron chi connectivity index (χ4n) is 2.93. The molecule has 2 saturated carbocycles. The second-order valence-corrected chi connectivity index (χ2v) is 6.09. The van der Waals surface area contributed by atoms with Gasteiger partial charge in [-0.15, -0.1) is 0 Å². The molecule has 3 N–H and O–H groups in total. The molecule has 2 fully saturated rings. The average molecular weight is 275 g/mol. The van der Waals surface area contributed by atoms with E-state index in [1.54, 1.807) is 12.1 Å². The molecule has 3 nitrogen and oxygen atoms in total. The summed E-state index contributed by atoms with van der Waals surface area (Å²) in [4.78, 5) is 4.40. The van der Waals surface area contributed by atoms with Crippen LogP contribution in [0.3, 0.4) is 0 Å². The van der Waals surface area contributed by atoms with Gasteiger partial charge in [0, 0.05) is 12.6 Å². The summed E-state index contributed by atoms with van der Waals surface area (Å²) in [5.41, 5.74) is 6.99. The zero-order chi connectivity index (χ0) is 13.9. The molecule has 4 heteroatoms. The van der Waals surface area contributed by atoms with Crippen molar-refractivity contribution in [1.29, 1.82) is 0 Å². The minimum absolute atomic E-state index is 0.152. The summed E-state index contributed by atoms with van der Waals surface area (Å²) in [6.45, 7) is 0.860. The normalized spacial score (nSPS) is 26.8. The zero-order valence-electron chi connectivity index (χ0n) is 11.7. The van der Waals surface area contributed by atoms with Crippen LogP contribution in [0.5, 0.6) is 0 Å². The van der Waals surface area contributed by atoms with Crippen LogP contribution in [-0.2, 0) is 0 Å². The fraction of sp³-hybridized carbons (Fsp3) is 0.562. The molecule has 0 unspecified atom stereocenters. The van der Waals surface area contributed by atoms with E-state index in [9.17, 15) is 4.39 Å². The van der Waals surface area contributed by atoms with E-state index in [4.69, 9.17) is 5.73 Å². The molecule has 0 aliphatic heterocycles. The molecular formula is C16H22FN3. The molecule has 3 rings (SSSR count). The maximum atomic E-state index is 13.2. The first-order valence-corrected chi connectivity index (χ1v) is 7.52. The van der Waals surface area contributed by atoms with Crippen molar-refractivity contribution in [1.82, 2.24) is 5.32 Å². The van der Waals surface area contributed by atoms with Crippen LogP contribution in [0, 0.1) is 11.7 Å². The number of hydrogen-bond acceptors (Lipinski definition) is 1. The predicted molar refractivity (Wildman–Crippen MR) is 79.1 cm³/mol. The first-order valence-electron chi connectivity index (χ1n) is 7.52. The van der Waals surface area contributed by atoms with Gasteiger partial charge in [-0.2, -0.15) is 0 Å². The number of guanidine groups is 1. The minimum atomic E-state index is -0.152. The Kier molecular flexibility index (Phi) is 3.90. The Balaban J connectivity index is 1.43. The Hall–Kier alpha value is -1.58. The number of aliphatic imine (C=N–C) groups is 1. The van der Waals surface area contributed by atoms with Gasteiger partial charge in [0.2, 0.25) is 0 Å². The number of hydrogen-bond donors (Lipinski definition) is 2. The molecule has 2 aliphatic carbocycles.